The van der Waals surface area contributed by atoms with Crippen molar-refractivity contribution in [3.8, 4) is 0 Å². The second kappa shape index (κ2) is 6.21. The number of aliphatic hydroxyl groups excluding tert-OH is 1. The van der Waals surface area contributed by atoms with Gasteiger partial charge in [-0.3, -0.25) is 0 Å². The first-order valence-corrected chi connectivity index (χ1v) is 7.29. The summed E-state index contributed by atoms with van der Waals surface area (Å²) in [6.45, 7) is 0.419. The predicted molar refractivity (Wildman–Crippen MR) is 75.6 cm³/mol. The lowest BCUT2D eigenvalue weighted by molar-refractivity contribution is 0.0164. The van der Waals surface area contributed by atoms with Crippen molar-refractivity contribution in [1.82, 2.24) is 0 Å². The van der Waals surface area contributed by atoms with Crippen molar-refractivity contribution in [3.63, 3.8) is 0 Å². The van der Waals surface area contributed by atoms with Crippen molar-refractivity contribution in [2.24, 2.45) is 11.1 Å². The molecule has 0 saturated heterocycles. The largest absolute Gasteiger partial charge is 0.388 e. The molecule has 0 heterocycles. The van der Waals surface area contributed by atoms with Gasteiger partial charge in [-0.15, -0.1) is 0 Å². The van der Waals surface area contributed by atoms with Gasteiger partial charge in [-0.05, 0) is 36.6 Å². The lowest BCUT2D eigenvalue weighted by atomic mass is 9.73. The number of halogens is 2. The van der Waals surface area contributed by atoms with E-state index in [9.17, 15) is 9.50 Å². The van der Waals surface area contributed by atoms with E-state index in [2.05, 4.69) is 0 Å². The number of aliphatic hydroxyl groups is 1. The van der Waals surface area contributed by atoms with E-state index in [0.29, 0.717) is 17.1 Å². The summed E-state index contributed by atoms with van der Waals surface area (Å²) in [6, 6.07) is 4.25. The molecule has 1 unspecified atom stereocenters. The first-order chi connectivity index (χ1) is 9.07. The fourth-order valence-corrected chi connectivity index (χ4v) is 3.34. The van der Waals surface area contributed by atoms with Gasteiger partial charge in [0.05, 0.1) is 6.10 Å². The summed E-state index contributed by atoms with van der Waals surface area (Å²) >= 11 is 5.87. The van der Waals surface area contributed by atoms with Crippen LogP contribution in [0.5, 0.6) is 0 Å². The maximum Gasteiger partial charge on any atom is 0.125 e. The normalized spacial score (nSPS) is 20.8. The molecule has 1 aliphatic carbocycles. The average molecular weight is 286 g/mol. The average Bonchev–Trinajstić information content (AvgIpc) is 2.63. The van der Waals surface area contributed by atoms with Crippen LogP contribution in [0.4, 0.5) is 4.39 Å². The zero-order chi connectivity index (χ0) is 13.9. The van der Waals surface area contributed by atoms with E-state index in [1.54, 1.807) is 6.07 Å². The molecule has 2 rings (SSSR count). The Bertz CT molecular complexity index is 410. The first-order valence-electron chi connectivity index (χ1n) is 6.91. The minimum Gasteiger partial charge on any atom is -0.388 e. The Kier molecular flexibility index (Phi) is 4.82. The van der Waals surface area contributed by atoms with Gasteiger partial charge in [-0.1, -0.05) is 37.3 Å². The fraction of sp³-hybridized carbons (Fsp3) is 0.600. The molecular formula is C15H21ClFNO. The Balaban J connectivity index is 2.30. The maximum atomic E-state index is 13.4. The van der Waals surface area contributed by atoms with Crippen LogP contribution in [0.1, 0.15) is 50.2 Å². The minimum absolute atomic E-state index is 0.315. The molecule has 0 aromatic heterocycles. The van der Waals surface area contributed by atoms with Crippen LogP contribution in [-0.2, 0) is 0 Å². The van der Waals surface area contributed by atoms with Gasteiger partial charge < -0.3 is 10.8 Å². The molecule has 0 amide bonds. The van der Waals surface area contributed by atoms with E-state index in [4.69, 9.17) is 17.3 Å². The quantitative estimate of drug-likeness (QED) is 0.830. The summed E-state index contributed by atoms with van der Waals surface area (Å²) < 4.78 is 13.4. The lowest BCUT2D eigenvalue weighted by Gasteiger charge is -2.36. The van der Waals surface area contributed by atoms with Gasteiger partial charge in [0.25, 0.3) is 0 Å². The van der Waals surface area contributed by atoms with Crippen molar-refractivity contribution >= 4 is 11.6 Å². The molecule has 0 radical (unpaired) electrons. The molecule has 1 fully saturated rings. The molecule has 1 aromatic rings. The van der Waals surface area contributed by atoms with Crippen molar-refractivity contribution in [2.45, 2.75) is 44.6 Å². The Morgan fingerprint density at radius 1 is 1.21 bits per heavy atom. The maximum absolute atomic E-state index is 13.4. The molecule has 19 heavy (non-hydrogen) atoms. The fourth-order valence-electron chi connectivity index (χ4n) is 3.11. The van der Waals surface area contributed by atoms with Gasteiger partial charge >= 0.3 is 0 Å². The van der Waals surface area contributed by atoms with Crippen LogP contribution < -0.4 is 5.73 Å². The van der Waals surface area contributed by atoms with Gasteiger partial charge in [0, 0.05) is 17.0 Å². The molecule has 1 saturated carbocycles. The topological polar surface area (TPSA) is 46.2 Å². The van der Waals surface area contributed by atoms with Crippen LogP contribution in [-0.4, -0.2) is 11.7 Å². The van der Waals surface area contributed by atoms with Crippen LogP contribution in [0.25, 0.3) is 0 Å². The Morgan fingerprint density at radius 3 is 2.37 bits per heavy atom. The van der Waals surface area contributed by atoms with Gasteiger partial charge in [0.1, 0.15) is 5.82 Å². The van der Waals surface area contributed by atoms with Gasteiger partial charge in [-0.25, -0.2) is 4.39 Å². The highest BCUT2D eigenvalue weighted by Crippen LogP contribution is 2.44. The van der Waals surface area contributed by atoms with E-state index in [1.165, 1.54) is 25.0 Å². The van der Waals surface area contributed by atoms with Crippen molar-refractivity contribution in [2.75, 3.05) is 6.54 Å². The first kappa shape index (κ1) is 14.8. The second-order valence-corrected chi connectivity index (χ2v) is 6.02. The molecule has 4 heteroatoms. The van der Waals surface area contributed by atoms with E-state index in [0.717, 1.165) is 25.7 Å². The molecule has 106 valence electrons. The summed E-state index contributed by atoms with van der Waals surface area (Å²) in [7, 11) is 0. The highest BCUT2D eigenvalue weighted by atomic mass is 35.5. The van der Waals surface area contributed by atoms with Gasteiger partial charge in [0.2, 0.25) is 0 Å². The van der Waals surface area contributed by atoms with E-state index < -0.39 is 11.9 Å². The Morgan fingerprint density at radius 2 is 1.84 bits per heavy atom. The van der Waals surface area contributed by atoms with Crippen LogP contribution in [0, 0.1) is 11.2 Å². The summed E-state index contributed by atoms with van der Waals surface area (Å²) in [5, 5.41) is 11.0. The SMILES string of the molecule is NCC1(C(O)c2cc(F)cc(Cl)c2)CCCCCC1. The summed E-state index contributed by atoms with van der Waals surface area (Å²) in [4.78, 5) is 0. The molecule has 1 aliphatic rings. The molecule has 0 aliphatic heterocycles. The van der Waals surface area contributed by atoms with E-state index in [1.807, 2.05) is 0 Å². The van der Waals surface area contributed by atoms with Gasteiger partial charge in [-0.2, -0.15) is 0 Å². The smallest absolute Gasteiger partial charge is 0.125 e. The number of hydrogen-bond donors (Lipinski definition) is 2. The molecule has 0 spiro atoms. The Hall–Kier alpha value is -0.640. The highest BCUT2D eigenvalue weighted by molar-refractivity contribution is 6.30. The van der Waals surface area contributed by atoms with E-state index in [-0.39, 0.29) is 5.41 Å². The second-order valence-electron chi connectivity index (χ2n) is 5.59. The third kappa shape index (κ3) is 3.28. The molecule has 0 bridgehead atoms. The van der Waals surface area contributed by atoms with Crippen molar-refractivity contribution in [1.29, 1.82) is 0 Å². The van der Waals surface area contributed by atoms with E-state index >= 15 is 0 Å². The third-order valence-electron chi connectivity index (χ3n) is 4.29. The lowest BCUT2D eigenvalue weighted by Crippen LogP contribution is -2.36. The zero-order valence-electron chi connectivity index (χ0n) is 11.0. The van der Waals surface area contributed by atoms with Crippen LogP contribution in [0.3, 0.4) is 0 Å². The van der Waals surface area contributed by atoms with Gasteiger partial charge in [0.15, 0.2) is 0 Å². The standard InChI is InChI=1S/C15H21ClFNO/c16-12-7-11(8-13(17)9-12)14(19)15(10-18)5-3-1-2-4-6-15/h7-9,14,19H,1-6,10,18H2. The third-order valence-corrected chi connectivity index (χ3v) is 4.50. The molecule has 3 N–H and O–H groups in total. The molecule has 2 nitrogen and oxygen atoms in total. The summed E-state index contributed by atoms with van der Waals surface area (Å²) in [5.74, 6) is -0.414. The number of rotatable bonds is 3. The van der Waals surface area contributed by atoms with Crippen LogP contribution in [0.15, 0.2) is 18.2 Å². The van der Waals surface area contributed by atoms with Crippen molar-refractivity contribution < 1.29 is 9.50 Å². The zero-order valence-corrected chi connectivity index (χ0v) is 11.8. The molecule has 1 atom stereocenters. The minimum atomic E-state index is -0.746. The van der Waals surface area contributed by atoms with Crippen molar-refractivity contribution in [3.05, 3.63) is 34.6 Å². The Labute approximate surface area is 118 Å². The number of nitrogens with two attached hydrogens (primary N) is 1. The monoisotopic (exact) mass is 285 g/mol. The summed E-state index contributed by atoms with van der Waals surface area (Å²) in [6.07, 6.45) is 5.52. The molecular weight excluding hydrogens is 265 g/mol. The van der Waals surface area contributed by atoms with Crippen LogP contribution >= 0.6 is 11.6 Å². The number of benzene rings is 1. The number of hydrogen-bond acceptors (Lipinski definition) is 2. The molecule has 1 aromatic carbocycles. The van der Waals surface area contributed by atoms with Crippen LogP contribution in [0.2, 0.25) is 5.02 Å². The predicted octanol–water partition coefficient (Wildman–Crippen LogP) is 3.81. The summed E-state index contributed by atoms with van der Waals surface area (Å²) in [5.41, 5.74) is 6.13. The highest BCUT2D eigenvalue weighted by Gasteiger charge is 2.38.